The van der Waals surface area contributed by atoms with Crippen LogP contribution in [0.15, 0.2) is 0 Å². The highest BCUT2D eigenvalue weighted by atomic mass is 16.1. The third kappa shape index (κ3) is 4.33. The lowest BCUT2D eigenvalue weighted by atomic mass is 10.0. The van der Waals surface area contributed by atoms with Crippen molar-refractivity contribution in [3.63, 3.8) is 0 Å². The minimum Gasteiger partial charge on any atom is -0.338 e. The van der Waals surface area contributed by atoms with Gasteiger partial charge in [0.2, 0.25) is 5.91 Å². The van der Waals surface area contributed by atoms with Crippen molar-refractivity contribution in [1.82, 2.24) is 5.32 Å². The Kier molecular flexibility index (Phi) is 4.14. The van der Waals surface area contributed by atoms with Crippen LogP contribution in [0.5, 0.6) is 0 Å². The molecule has 0 aliphatic heterocycles. The molecule has 1 N–H and O–H groups in total. The van der Waals surface area contributed by atoms with Gasteiger partial charge in [0.1, 0.15) is 5.54 Å². The molecule has 1 fully saturated rings. The molecule has 0 aromatic heterocycles. The maximum Gasteiger partial charge on any atom is 0.221 e. The Labute approximate surface area is 91.9 Å². The third-order valence-corrected chi connectivity index (χ3v) is 2.99. The largest absolute Gasteiger partial charge is 0.338 e. The van der Waals surface area contributed by atoms with Gasteiger partial charge in [-0.15, -0.1) is 0 Å². The zero-order valence-corrected chi connectivity index (χ0v) is 9.68. The number of nitrogens with one attached hydrogen (secondary N) is 1. The van der Waals surface area contributed by atoms with Crippen LogP contribution in [0.3, 0.4) is 0 Å². The molecule has 1 amide bonds. The lowest BCUT2D eigenvalue weighted by Crippen LogP contribution is -2.42. The Hall–Kier alpha value is -1.04. The van der Waals surface area contributed by atoms with Gasteiger partial charge >= 0.3 is 0 Å². The number of rotatable bonds is 4. The van der Waals surface area contributed by atoms with Crippen molar-refractivity contribution >= 4 is 5.91 Å². The fourth-order valence-electron chi connectivity index (χ4n) is 2.07. The monoisotopic (exact) mass is 208 g/mol. The van der Waals surface area contributed by atoms with Crippen molar-refractivity contribution in [3.8, 4) is 6.07 Å². The molecule has 1 aliphatic carbocycles. The number of carbonyl (C=O) groups excluding carboxylic acids is 1. The van der Waals surface area contributed by atoms with Crippen LogP contribution in [-0.4, -0.2) is 11.4 Å². The standard InChI is InChI=1S/C12H20N2O/c1-12(2,9-13)14-11(15)8-7-10-5-3-4-6-10/h10H,3-8H2,1-2H3,(H,14,15). The zero-order valence-electron chi connectivity index (χ0n) is 9.68. The van der Waals surface area contributed by atoms with Gasteiger partial charge in [0, 0.05) is 6.42 Å². The van der Waals surface area contributed by atoms with E-state index < -0.39 is 5.54 Å². The molecule has 3 heteroatoms. The van der Waals surface area contributed by atoms with Gasteiger partial charge in [0.15, 0.2) is 0 Å². The van der Waals surface area contributed by atoms with Gasteiger partial charge < -0.3 is 5.32 Å². The Bertz CT molecular complexity index is 259. The first-order chi connectivity index (χ1) is 7.03. The molecule has 3 nitrogen and oxygen atoms in total. The topological polar surface area (TPSA) is 52.9 Å². The molecular weight excluding hydrogens is 188 g/mol. The Morgan fingerprint density at radius 3 is 2.60 bits per heavy atom. The van der Waals surface area contributed by atoms with Crippen molar-refractivity contribution in [2.45, 2.75) is 57.9 Å². The van der Waals surface area contributed by atoms with Gasteiger partial charge in [-0.05, 0) is 26.2 Å². The summed E-state index contributed by atoms with van der Waals surface area (Å²) in [4.78, 5) is 11.5. The number of hydrogen-bond acceptors (Lipinski definition) is 2. The van der Waals surface area contributed by atoms with Crippen molar-refractivity contribution in [1.29, 1.82) is 5.26 Å². The highest BCUT2D eigenvalue weighted by molar-refractivity contribution is 5.77. The molecule has 0 spiro atoms. The van der Waals surface area contributed by atoms with E-state index >= 15 is 0 Å². The SMILES string of the molecule is CC(C)(C#N)NC(=O)CCC1CCCC1. The second-order valence-electron chi connectivity index (χ2n) is 4.97. The van der Waals surface area contributed by atoms with E-state index in [-0.39, 0.29) is 5.91 Å². The van der Waals surface area contributed by atoms with Crippen LogP contribution >= 0.6 is 0 Å². The summed E-state index contributed by atoms with van der Waals surface area (Å²) in [6.45, 7) is 3.45. The van der Waals surface area contributed by atoms with E-state index in [9.17, 15) is 4.79 Å². The van der Waals surface area contributed by atoms with Crippen LogP contribution < -0.4 is 5.32 Å². The average molecular weight is 208 g/mol. The van der Waals surface area contributed by atoms with E-state index in [1.54, 1.807) is 13.8 Å². The summed E-state index contributed by atoms with van der Waals surface area (Å²) < 4.78 is 0. The van der Waals surface area contributed by atoms with Crippen LogP contribution in [-0.2, 0) is 4.79 Å². The van der Waals surface area contributed by atoms with Crippen LogP contribution in [0.2, 0.25) is 0 Å². The summed E-state index contributed by atoms with van der Waals surface area (Å²) in [5.41, 5.74) is -0.729. The molecule has 15 heavy (non-hydrogen) atoms. The van der Waals surface area contributed by atoms with E-state index in [1.807, 2.05) is 0 Å². The zero-order chi connectivity index (χ0) is 11.3. The summed E-state index contributed by atoms with van der Waals surface area (Å²) >= 11 is 0. The van der Waals surface area contributed by atoms with Gasteiger partial charge in [-0.2, -0.15) is 5.26 Å². The van der Waals surface area contributed by atoms with Crippen LogP contribution in [0, 0.1) is 17.2 Å². The highest BCUT2D eigenvalue weighted by Gasteiger charge is 2.21. The molecular formula is C12H20N2O. The molecule has 0 radical (unpaired) electrons. The summed E-state index contributed by atoms with van der Waals surface area (Å²) in [6.07, 6.45) is 6.72. The summed E-state index contributed by atoms with van der Waals surface area (Å²) in [7, 11) is 0. The minimum absolute atomic E-state index is 0.00782. The predicted molar refractivity (Wildman–Crippen MR) is 59.0 cm³/mol. The Morgan fingerprint density at radius 1 is 1.47 bits per heavy atom. The molecule has 0 aromatic carbocycles. The third-order valence-electron chi connectivity index (χ3n) is 2.99. The normalized spacial score (nSPS) is 17.4. The molecule has 0 atom stereocenters. The van der Waals surface area contributed by atoms with Gasteiger partial charge in [0.25, 0.3) is 0 Å². The molecule has 0 saturated heterocycles. The van der Waals surface area contributed by atoms with E-state index in [2.05, 4.69) is 11.4 Å². The van der Waals surface area contributed by atoms with Crippen molar-refractivity contribution in [2.24, 2.45) is 5.92 Å². The average Bonchev–Trinajstić information content (AvgIpc) is 2.66. The number of carbonyl (C=O) groups is 1. The van der Waals surface area contributed by atoms with E-state index in [4.69, 9.17) is 5.26 Å². The van der Waals surface area contributed by atoms with E-state index in [0.29, 0.717) is 6.42 Å². The first-order valence-electron chi connectivity index (χ1n) is 5.76. The van der Waals surface area contributed by atoms with Gasteiger partial charge in [-0.25, -0.2) is 0 Å². The maximum atomic E-state index is 11.5. The second-order valence-corrected chi connectivity index (χ2v) is 4.97. The second kappa shape index (κ2) is 5.16. The number of amides is 1. The van der Waals surface area contributed by atoms with E-state index in [0.717, 1.165) is 12.3 Å². The van der Waals surface area contributed by atoms with Gasteiger partial charge in [-0.3, -0.25) is 4.79 Å². The molecule has 0 heterocycles. The lowest BCUT2D eigenvalue weighted by Gasteiger charge is -2.18. The molecule has 0 aromatic rings. The molecule has 84 valence electrons. The first kappa shape index (κ1) is 12.0. The summed E-state index contributed by atoms with van der Waals surface area (Å²) in [5, 5.41) is 11.5. The lowest BCUT2D eigenvalue weighted by molar-refractivity contribution is -0.122. The van der Waals surface area contributed by atoms with Crippen molar-refractivity contribution in [3.05, 3.63) is 0 Å². The minimum atomic E-state index is -0.729. The fraction of sp³-hybridized carbons (Fsp3) is 0.833. The Balaban J connectivity index is 2.21. The molecule has 1 aliphatic rings. The number of nitriles is 1. The Morgan fingerprint density at radius 2 is 2.07 bits per heavy atom. The fourth-order valence-corrected chi connectivity index (χ4v) is 2.07. The smallest absolute Gasteiger partial charge is 0.221 e. The molecule has 0 unspecified atom stereocenters. The van der Waals surface area contributed by atoms with Crippen molar-refractivity contribution in [2.75, 3.05) is 0 Å². The molecule has 1 saturated carbocycles. The van der Waals surface area contributed by atoms with Crippen LogP contribution in [0.1, 0.15) is 52.4 Å². The van der Waals surface area contributed by atoms with Gasteiger partial charge in [-0.1, -0.05) is 25.7 Å². The predicted octanol–water partition coefficient (Wildman–Crippen LogP) is 2.38. The number of nitrogens with zero attached hydrogens (tertiary/aromatic N) is 1. The van der Waals surface area contributed by atoms with Crippen molar-refractivity contribution < 1.29 is 4.79 Å². The molecule has 1 rings (SSSR count). The summed E-state index contributed by atoms with van der Waals surface area (Å²) in [6, 6.07) is 2.07. The van der Waals surface area contributed by atoms with Gasteiger partial charge in [0.05, 0.1) is 6.07 Å². The van der Waals surface area contributed by atoms with E-state index in [1.165, 1.54) is 25.7 Å². The first-order valence-corrected chi connectivity index (χ1v) is 5.76. The molecule has 0 bridgehead atoms. The highest BCUT2D eigenvalue weighted by Crippen LogP contribution is 2.28. The van der Waals surface area contributed by atoms with Crippen LogP contribution in [0.25, 0.3) is 0 Å². The summed E-state index contributed by atoms with van der Waals surface area (Å²) in [5.74, 6) is 0.745. The maximum absolute atomic E-state index is 11.5. The quantitative estimate of drug-likeness (QED) is 0.771. The van der Waals surface area contributed by atoms with Crippen LogP contribution in [0.4, 0.5) is 0 Å². The number of hydrogen-bond donors (Lipinski definition) is 1.